The SMILES string of the molecule is CC(C)(C)OC(=O)NCc1ccc(N2C(=O)C(C)(CC(=O)O)C(=O)N(Cc3ccc(Br)cc3)c3ccccc32)cc1. The van der Waals surface area contributed by atoms with E-state index in [0.29, 0.717) is 17.1 Å². The molecule has 0 aliphatic carbocycles. The van der Waals surface area contributed by atoms with Crippen molar-refractivity contribution in [2.24, 2.45) is 5.41 Å². The summed E-state index contributed by atoms with van der Waals surface area (Å²) in [6.07, 6.45) is -1.23. The molecule has 3 aromatic carbocycles. The molecule has 3 amide bonds. The van der Waals surface area contributed by atoms with Crippen molar-refractivity contribution in [2.75, 3.05) is 9.80 Å². The number of nitrogens with zero attached hydrogens (tertiary/aromatic N) is 2. The van der Waals surface area contributed by atoms with Crippen LogP contribution in [0.25, 0.3) is 0 Å². The third kappa shape index (κ3) is 6.77. The second kappa shape index (κ2) is 11.7. The lowest BCUT2D eigenvalue weighted by molar-refractivity contribution is -0.149. The summed E-state index contributed by atoms with van der Waals surface area (Å²) in [5.74, 6) is -2.50. The summed E-state index contributed by atoms with van der Waals surface area (Å²) in [5.41, 5.74) is 0.471. The highest BCUT2D eigenvalue weighted by Gasteiger charge is 2.51. The van der Waals surface area contributed by atoms with E-state index in [1.54, 1.807) is 69.3 Å². The lowest BCUT2D eigenvalue weighted by Gasteiger charge is -2.31. The molecular weight excluding hydrogens is 590 g/mol. The van der Waals surface area contributed by atoms with Crippen LogP contribution in [-0.2, 0) is 32.2 Å². The number of carboxylic acid groups (broad SMARTS) is 1. The summed E-state index contributed by atoms with van der Waals surface area (Å²) in [6.45, 7) is 7.07. The molecule has 0 saturated carbocycles. The number of anilines is 3. The Morgan fingerprint density at radius 2 is 1.49 bits per heavy atom. The average Bonchev–Trinajstić information content (AvgIpc) is 2.96. The molecule has 214 valence electrons. The second-order valence-corrected chi connectivity index (χ2v) is 12.0. The first-order chi connectivity index (χ1) is 19.3. The Morgan fingerprint density at radius 1 is 0.902 bits per heavy atom. The quantitative estimate of drug-likeness (QED) is 0.305. The summed E-state index contributed by atoms with van der Waals surface area (Å²) in [5, 5.41) is 12.5. The van der Waals surface area contributed by atoms with Crippen LogP contribution >= 0.6 is 15.9 Å². The molecule has 9 nitrogen and oxygen atoms in total. The van der Waals surface area contributed by atoms with Gasteiger partial charge in [-0.2, -0.15) is 0 Å². The third-order valence-electron chi connectivity index (χ3n) is 6.59. The first kappa shape index (κ1) is 29.8. The van der Waals surface area contributed by atoms with Crippen LogP contribution in [0.15, 0.2) is 77.3 Å². The number of aliphatic carboxylic acids is 1. The summed E-state index contributed by atoms with van der Waals surface area (Å²) in [7, 11) is 0. The maximum atomic E-state index is 14.2. The molecule has 3 aromatic rings. The Balaban J connectivity index is 1.73. The Bertz CT molecular complexity index is 1470. The Hall–Kier alpha value is -4.18. The highest BCUT2D eigenvalue weighted by molar-refractivity contribution is 9.10. The molecule has 1 unspecified atom stereocenters. The molecule has 0 saturated heterocycles. The zero-order chi connectivity index (χ0) is 29.9. The van der Waals surface area contributed by atoms with Crippen LogP contribution in [0.1, 0.15) is 45.2 Å². The van der Waals surface area contributed by atoms with Gasteiger partial charge in [0.25, 0.3) is 0 Å². The summed E-state index contributed by atoms with van der Waals surface area (Å²) in [4.78, 5) is 55.2. The van der Waals surface area contributed by atoms with Crippen LogP contribution in [0.4, 0.5) is 21.9 Å². The second-order valence-electron chi connectivity index (χ2n) is 11.1. The number of nitrogens with one attached hydrogen (secondary N) is 1. The lowest BCUT2D eigenvalue weighted by atomic mass is 9.83. The van der Waals surface area contributed by atoms with Crippen molar-refractivity contribution in [3.05, 3.63) is 88.4 Å². The number of benzene rings is 3. The zero-order valence-corrected chi connectivity index (χ0v) is 24.9. The fourth-order valence-electron chi connectivity index (χ4n) is 4.63. The highest BCUT2D eigenvalue weighted by Crippen LogP contribution is 2.44. The van der Waals surface area contributed by atoms with E-state index in [9.17, 15) is 24.3 Å². The number of rotatable bonds is 7. The predicted molar refractivity (Wildman–Crippen MR) is 159 cm³/mol. The number of carbonyl (C=O) groups is 4. The van der Waals surface area contributed by atoms with Gasteiger partial charge in [0.05, 0.1) is 24.3 Å². The largest absolute Gasteiger partial charge is 0.481 e. The van der Waals surface area contributed by atoms with Gasteiger partial charge in [-0.25, -0.2) is 4.79 Å². The fraction of sp³-hybridized carbons (Fsp3) is 0.290. The minimum Gasteiger partial charge on any atom is -0.481 e. The standard InChI is InChI=1S/C31H32BrN3O6/c1-30(2,3)41-29(40)33-18-20-11-15-23(16-12-20)35-25-8-6-5-7-24(25)34(19-21-9-13-22(32)14-10-21)27(38)31(4,28(35)39)17-26(36)37/h5-16H,17-19H2,1-4H3,(H,33,40)(H,36,37). The van der Waals surface area contributed by atoms with E-state index >= 15 is 0 Å². The zero-order valence-electron chi connectivity index (χ0n) is 23.3. The van der Waals surface area contributed by atoms with Crippen molar-refractivity contribution in [1.82, 2.24) is 5.32 Å². The van der Waals surface area contributed by atoms with Crippen LogP contribution in [-0.4, -0.2) is 34.6 Å². The fourth-order valence-corrected chi connectivity index (χ4v) is 4.89. The molecular formula is C31H32BrN3O6. The summed E-state index contributed by atoms with van der Waals surface area (Å²) < 4.78 is 6.16. The number of halogens is 1. The number of alkyl carbamates (subject to hydrolysis) is 1. The van der Waals surface area contributed by atoms with E-state index in [-0.39, 0.29) is 13.1 Å². The van der Waals surface area contributed by atoms with Crippen molar-refractivity contribution in [3.63, 3.8) is 0 Å². The number of ether oxygens (including phenoxy) is 1. The molecule has 1 heterocycles. The van der Waals surface area contributed by atoms with Crippen LogP contribution in [0.5, 0.6) is 0 Å². The molecule has 0 aromatic heterocycles. The van der Waals surface area contributed by atoms with E-state index in [4.69, 9.17) is 4.74 Å². The smallest absolute Gasteiger partial charge is 0.407 e. The first-order valence-electron chi connectivity index (χ1n) is 13.1. The van der Waals surface area contributed by atoms with Gasteiger partial charge in [-0.3, -0.25) is 19.3 Å². The maximum absolute atomic E-state index is 14.2. The highest BCUT2D eigenvalue weighted by atomic mass is 79.9. The van der Waals surface area contributed by atoms with Crippen molar-refractivity contribution in [2.45, 2.75) is 52.8 Å². The number of hydrogen-bond acceptors (Lipinski definition) is 5. The molecule has 0 spiro atoms. The third-order valence-corrected chi connectivity index (χ3v) is 7.12. The van der Waals surface area contributed by atoms with Gasteiger partial charge in [0.15, 0.2) is 0 Å². The van der Waals surface area contributed by atoms with Gasteiger partial charge in [0, 0.05) is 16.7 Å². The molecule has 4 rings (SSSR count). The topological polar surface area (TPSA) is 116 Å². The van der Waals surface area contributed by atoms with Crippen LogP contribution in [0, 0.1) is 5.41 Å². The van der Waals surface area contributed by atoms with Crippen molar-refractivity contribution in [1.29, 1.82) is 0 Å². The molecule has 10 heteroatoms. The summed E-state index contributed by atoms with van der Waals surface area (Å²) in [6, 6.07) is 21.4. The van der Waals surface area contributed by atoms with E-state index in [2.05, 4.69) is 21.2 Å². The number of amides is 3. The van der Waals surface area contributed by atoms with Crippen LogP contribution in [0.3, 0.4) is 0 Å². The monoisotopic (exact) mass is 621 g/mol. The van der Waals surface area contributed by atoms with Crippen LogP contribution in [0.2, 0.25) is 0 Å². The maximum Gasteiger partial charge on any atom is 0.407 e. The van der Waals surface area contributed by atoms with Gasteiger partial charge >= 0.3 is 12.1 Å². The van der Waals surface area contributed by atoms with Gasteiger partial charge in [-0.1, -0.05) is 52.3 Å². The number of hydrogen-bond donors (Lipinski definition) is 2. The molecule has 0 radical (unpaired) electrons. The van der Waals surface area contributed by atoms with Gasteiger partial charge in [-0.05, 0) is 75.2 Å². The molecule has 0 fully saturated rings. The molecule has 1 aliphatic rings. The minimum absolute atomic E-state index is 0.148. The van der Waals surface area contributed by atoms with E-state index in [0.717, 1.165) is 15.6 Å². The molecule has 0 bridgehead atoms. The summed E-state index contributed by atoms with van der Waals surface area (Å²) >= 11 is 3.42. The van der Waals surface area contributed by atoms with Gasteiger partial charge < -0.3 is 20.1 Å². The van der Waals surface area contributed by atoms with Gasteiger partial charge in [0.2, 0.25) is 11.8 Å². The number of fused-ring (bicyclic) bond motifs is 1. The molecule has 41 heavy (non-hydrogen) atoms. The van der Waals surface area contributed by atoms with Crippen LogP contribution < -0.4 is 15.1 Å². The first-order valence-corrected chi connectivity index (χ1v) is 13.9. The average molecular weight is 623 g/mol. The lowest BCUT2D eigenvalue weighted by Crippen LogP contribution is -2.50. The number of para-hydroxylation sites is 2. The minimum atomic E-state index is -1.88. The van der Waals surface area contributed by atoms with Gasteiger partial charge in [-0.15, -0.1) is 0 Å². The molecule has 1 atom stereocenters. The van der Waals surface area contributed by atoms with Gasteiger partial charge in [0.1, 0.15) is 11.0 Å². The van der Waals surface area contributed by atoms with Crippen molar-refractivity contribution < 1.29 is 29.0 Å². The van der Waals surface area contributed by atoms with E-state index in [1.165, 1.54) is 16.7 Å². The van der Waals surface area contributed by atoms with Crippen molar-refractivity contribution >= 4 is 56.9 Å². The normalized spacial score (nSPS) is 17.1. The Kier molecular flexibility index (Phi) is 8.53. The Labute approximate surface area is 247 Å². The van der Waals surface area contributed by atoms with E-state index < -0.39 is 41.3 Å². The Morgan fingerprint density at radius 3 is 2.07 bits per heavy atom. The number of carbonyl (C=O) groups excluding carboxylic acids is 3. The molecule has 2 N–H and O–H groups in total. The van der Waals surface area contributed by atoms with E-state index in [1.807, 2.05) is 24.3 Å². The number of carboxylic acids is 1. The van der Waals surface area contributed by atoms with Crippen molar-refractivity contribution in [3.8, 4) is 0 Å². The predicted octanol–water partition coefficient (Wildman–Crippen LogP) is 6.17. The molecule has 1 aliphatic heterocycles.